The van der Waals surface area contributed by atoms with E-state index in [0.717, 1.165) is 0 Å². The molecule has 1 heterocycles. The minimum atomic E-state index is -4.02. The van der Waals surface area contributed by atoms with E-state index >= 15 is 0 Å². The van der Waals surface area contributed by atoms with Crippen molar-refractivity contribution in [2.45, 2.75) is 4.90 Å². The van der Waals surface area contributed by atoms with E-state index < -0.39 is 20.3 Å². The number of sulfonamides is 1. The SMILES string of the molecule is Cn1cc(S(N)(=O)=O)c(=O)c2ccc(Cl)cc21. The molecular formula is C10H9ClN2O3S. The third kappa shape index (κ3) is 2.06. The van der Waals surface area contributed by atoms with Gasteiger partial charge < -0.3 is 4.57 Å². The number of rotatable bonds is 1. The molecule has 0 bridgehead atoms. The average molecular weight is 273 g/mol. The molecule has 90 valence electrons. The van der Waals surface area contributed by atoms with E-state index in [9.17, 15) is 13.2 Å². The zero-order valence-corrected chi connectivity index (χ0v) is 10.4. The molecule has 0 aliphatic heterocycles. The van der Waals surface area contributed by atoms with Crippen molar-refractivity contribution in [2.24, 2.45) is 12.2 Å². The normalized spacial score (nSPS) is 11.9. The van der Waals surface area contributed by atoms with Crippen molar-refractivity contribution >= 4 is 32.5 Å². The highest BCUT2D eigenvalue weighted by Crippen LogP contribution is 2.17. The van der Waals surface area contributed by atoms with E-state index in [1.165, 1.54) is 22.9 Å². The van der Waals surface area contributed by atoms with Gasteiger partial charge in [0.15, 0.2) is 0 Å². The Labute approximate surface area is 102 Å². The number of aromatic nitrogens is 1. The fourth-order valence-electron chi connectivity index (χ4n) is 1.63. The lowest BCUT2D eigenvalue weighted by atomic mass is 10.2. The molecule has 0 radical (unpaired) electrons. The van der Waals surface area contributed by atoms with Crippen LogP contribution in [0, 0.1) is 0 Å². The predicted molar refractivity (Wildman–Crippen MR) is 65.6 cm³/mol. The van der Waals surface area contributed by atoms with E-state index in [0.29, 0.717) is 10.5 Å². The van der Waals surface area contributed by atoms with Gasteiger partial charge in [-0.15, -0.1) is 0 Å². The summed E-state index contributed by atoms with van der Waals surface area (Å²) >= 11 is 5.81. The molecule has 0 atom stereocenters. The summed E-state index contributed by atoms with van der Waals surface area (Å²) in [6.45, 7) is 0. The van der Waals surface area contributed by atoms with Crippen molar-refractivity contribution in [2.75, 3.05) is 0 Å². The van der Waals surface area contributed by atoms with Crippen LogP contribution in [0.3, 0.4) is 0 Å². The largest absolute Gasteiger partial charge is 0.349 e. The Kier molecular flexibility index (Phi) is 2.73. The Morgan fingerprint density at radius 3 is 2.59 bits per heavy atom. The molecule has 2 aromatic rings. The first kappa shape index (κ1) is 12.1. The van der Waals surface area contributed by atoms with Crippen LogP contribution in [0.1, 0.15) is 0 Å². The molecule has 2 N–H and O–H groups in total. The summed E-state index contributed by atoms with van der Waals surface area (Å²) in [6.07, 6.45) is 1.19. The van der Waals surface area contributed by atoms with Gasteiger partial charge in [-0.1, -0.05) is 11.6 Å². The van der Waals surface area contributed by atoms with Crippen molar-refractivity contribution in [3.63, 3.8) is 0 Å². The summed E-state index contributed by atoms with van der Waals surface area (Å²) in [6, 6.07) is 4.60. The second-order valence-corrected chi connectivity index (χ2v) is 5.61. The molecule has 0 aliphatic carbocycles. The number of primary sulfonamides is 1. The number of benzene rings is 1. The molecule has 17 heavy (non-hydrogen) atoms. The van der Waals surface area contributed by atoms with Gasteiger partial charge in [0.25, 0.3) is 0 Å². The first-order valence-electron chi connectivity index (χ1n) is 4.62. The Bertz CT molecular complexity index is 765. The van der Waals surface area contributed by atoms with E-state index in [4.69, 9.17) is 16.7 Å². The highest BCUT2D eigenvalue weighted by atomic mass is 35.5. The summed E-state index contributed by atoms with van der Waals surface area (Å²) in [5, 5.41) is 5.72. The van der Waals surface area contributed by atoms with Gasteiger partial charge in [0.1, 0.15) is 4.90 Å². The molecule has 5 nitrogen and oxygen atoms in total. The van der Waals surface area contributed by atoms with Gasteiger partial charge in [-0.05, 0) is 18.2 Å². The fraction of sp³-hybridized carbons (Fsp3) is 0.100. The lowest BCUT2D eigenvalue weighted by Gasteiger charge is -2.07. The van der Waals surface area contributed by atoms with E-state index in [1.54, 1.807) is 13.1 Å². The van der Waals surface area contributed by atoms with Gasteiger partial charge in [0.2, 0.25) is 15.5 Å². The minimum absolute atomic E-state index is 0.267. The number of aryl methyl sites for hydroxylation is 1. The zero-order valence-electron chi connectivity index (χ0n) is 8.84. The molecule has 0 saturated heterocycles. The smallest absolute Gasteiger partial charge is 0.243 e. The molecule has 0 spiro atoms. The molecular weight excluding hydrogens is 264 g/mol. The summed E-state index contributed by atoms with van der Waals surface area (Å²) in [4.78, 5) is 11.5. The van der Waals surface area contributed by atoms with Gasteiger partial charge in [0, 0.05) is 23.7 Å². The van der Waals surface area contributed by atoms with Crippen LogP contribution in [0.2, 0.25) is 5.02 Å². The number of halogens is 1. The van der Waals surface area contributed by atoms with Crippen molar-refractivity contribution < 1.29 is 8.42 Å². The molecule has 2 rings (SSSR count). The number of hydrogen-bond acceptors (Lipinski definition) is 3. The monoisotopic (exact) mass is 272 g/mol. The topological polar surface area (TPSA) is 82.2 Å². The zero-order chi connectivity index (χ0) is 12.8. The number of nitrogens with zero attached hydrogens (tertiary/aromatic N) is 1. The second kappa shape index (κ2) is 3.83. The Morgan fingerprint density at radius 1 is 1.35 bits per heavy atom. The van der Waals surface area contributed by atoms with Crippen LogP contribution in [0.15, 0.2) is 34.1 Å². The van der Waals surface area contributed by atoms with E-state index in [2.05, 4.69) is 0 Å². The van der Waals surface area contributed by atoms with Crippen LogP contribution >= 0.6 is 11.6 Å². The summed E-state index contributed by atoms with van der Waals surface area (Å²) in [5.41, 5.74) is -0.0628. The van der Waals surface area contributed by atoms with Crippen LogP contribution in [0.25, 0.3) is 10.9 Å². The van der Waals surface area contributed by atoms with Crippen LogP contribution < -0.4 is 10.6 Å². The average Bonchev–Trinajstić information content (AvgIpc) is 2.21. The standard InChI is InChI=1S/C10H9ClN2O3S/c1-13-5-9(17(12,15)16)10(14)7-3-2-6(11)4-8(7)13/h2-5H,1H3,(H2,12,15,16). The number of fused-ring (bicyclic) bond motifs is 1. The Balaban J connectivity index is 3.02. The highest BCUT2D eigenvalue weighted by Gasteiger charge is 2.16. The highest BCUT2D eigenvalue weighted by molar-refractivity contribution is 7.89. The third-order valence-electron chi connectivity index (χ3n) is 2.43. The van der Waals surface area contributed by atoms with Crippen LogP contribution in [0.5, 0.6) is 0 Å². The molecule has 0 saturated carbocycles. The molecule has 0 unspecified atom stereocenters. The van der Waals surface area contributed by atoms with Gasteiger partial charge in [-0.3, -0.25) is 4.79 Å². The molecule has 1 aromatic carbocycles. The molecule has 0 amide bonds. The Hall–Kier alpha value is -1.37. The first-order valence-corrected chi connectivity index (χ1v) is 6.55. The van der Waals surface area contributed by atoms with Crippen LogP contribution in [0.4, 0.5) is 0 Å². The van der Waals surface area contributed by atoms with Crippen molar-refractivity contribution in [1.82, 2.24) is 4.57 Å². The van der Waals surface area contributed by atoms with Crippen molar-refractivity contribution in [1.29, 1.82) is 0 Å². The van der Waals surface area contributed by atoms with Crippen LogP contribution in [-0.4, -0.2) is 13.0 Å². The maximum Gasteiger partial charge on any atom is 0.243 e. The maximum atomic E-state index is 11.9. The van der Waals surface area contributed by atoms with Gasteiger partial charge in [-0.25, -0.2) is 13.6 Å². The molecule has 0 fully saturated rings. The Morgan fingerprint density at radius 2 is 2.00 bits per heavy atom. The quantitative estimate of drug-likeness (QED) is 0.835. The summed E-state index contributed by atoms with van der Waals surface area (Å²) in [5.74, 6) is 0. The van der Waals surface area contributed by atoms with Crippen LogP contribution in [-0.2, 0) is 17.1 Å². The van der Waals surface area contributed by atoms with Gasteiger partial charge >= 0.3 is 0 Å². The summed E-state index contributed by atoms with van der Waals surface area (Å²) in [7, 11) is -2.41. The minimum Gasteiger partial charge on any atom is -0.349 e. The number of nitrogens with two attached hydrogens (primary N) is 1. The van der Waals surface area contributed by atoms with Crippen molar-refractivity contribution in [3.8, 4) is 0 Å². The fourth-order valence-corrected chi connectivity index (χ4v) is 2.47. The number of pyridine rings is 1. The van der Waals surface area contributed by atoms with Gasteiger partial charge in [-0.2, -0.15) is 0 Å². The lowest BCUT2D eigenvalue weighted by Crippen LogP contribution is -2.23. The third-order valence-corrected chi connectivity index (χ3v) is 3.56. The van der Waals surface area contributed by atoms with Gasteiger partial charge in [0.05, 0.1) is 5.52 Å². The van der Waals surface area contributed by atoms with E-state index in [-0.39, 0.29) is 5.39 Å². The van der Waals surface area contributed by atoms with E-state index in [1.807, 2.05) is 0 Å². The van der Waals surface area contributed by atoms with Crippen molar-refractivity contribution in [3.05, 3.63) is 39.6 Å². The number of hydrogen-bond donors (Lipinski definition) is 1. The second-order valence-electron chi connectivity index (χ2n) is 3.64. The molecule has 0 aliphatic rings. The molecule has 1 aromatic heterocycles. The predicted octanol–water partition coefficient (Wildman–Crippen LogP) is 0.839. The summed E-state index contributed by atoms with van der Waals surface area (Å²) < 4.78 is 24.0. The lowest BCUT2D eigenvalue weighted by molar-refractivity contribution is 0.596. The maximum absolute atomic E-state index is 11.9. The first-order chi connectivity index (χ1) is 7.80. The molecule has 7 heteroatoms.